The van der Waals surface area contributed by atoms with Crippen molar-refractivity contribution in [3.8, 4) is 33.8 Å². The van der Waals surface area contributed by atoms with Crippen molar-refractivity contribution in [2.24, 2.45) is 4.99 Å². The van der Waals surface area contributed by atoms with Gasteiger partial charge in [-0.05, 0) is 88.2 Å². The van der Waals surface area contributed by atoms with Crippen LogP contribution in [0.4, 0.5) is 16.2 Å². The Kier molecular flexibility index (Phi) is 11.9. The molecule has 10 rings (SSSR count). The number of aromatic nitrogens is 6. The molecule has 2 aliphatic rings. The molecule has 0 saturated carbocycles. The molecule has 4 aromatic heterocycles. The Hall–Kier alpha value is -7.67. The highest BCUT2D eigenvalue weighted by Crippen LogP contribution is 2.33. The van der Waals surface area contributed by atoms with Crippen LogP contribution in [0.15, 0.2) is 127 Å². The van der Waals surface area contributed by atoms with Gasteiger partial charge in [-0.2, -0.15) is 15.2 Å². The second-order valence-electron chi connectivity index (χ2n) is 14.1. The van der Waals surface area contributed by atoms with Crippen molar-refractivity contribution in [3.63, 3.8) is 0 Å². The highest BCUT2D eigenvalue weighted by atomic mass is 16.5. The van der Waals surface area contributed by atoms with Crippen LogP contribution in [0.1, 0.15) is 22.3 Å². The third-order valence-corrected chi connectivity index (χ3v) is 10.5. The zero-order chi connectivity index (χ0) is 41.3. The quantitative estimate of drug-likeness (QED) is 0.0956. The fourth-order valence-electron chi connectivity index (χ4n) is 7.45. The van der Waals surface area contributed by atoms with E-state index in [1.165, 1.54) is 28.2 Å². The number of hydrogen-bond acceptors (Lipinski definition) is 10. The highest BCUT2D eigenvalue weighted by Gasteiger charge is 2.24. The maximum atomic E-state index is 13.0. The van der Waals surface area contributed by atoms with Gasteiger partial charge in [-0.25, -0.2) is 19.6 Å². The number of anilines is 1. The molecule has 0 fully saturated rings. The molecule has 2 aliphatic heterocycles. The smallest absolute Gasteiger partial charge is 0.322 e. The number of H-pyrrole nitrogens is 2. The Morgan fingerprint density at radius 2 is 1.32 bits per heavy atom. The van der Waals surface area contributed by atoms with Crippen molar-refractivity contribution < 1.29 is 19.1 Å². The Balaban J connectivity index is 0.000000139. The van der Waals surface area contributed by atoms with Gasteiger partial charge in [0.15, 0.2) is 11.3 Å². The maximum Gasteiger partial charge on any atom is 0.322 e. The first-order chi connectivity index (χ1) is 29.5. The summed E-state index contributed by atoms with van der Waals surface area (Å²) in [5.74, 6) is 1.19. The largest absolute Gasteiger partial charge is 0.495 e. The van der Waals surface area contributed by atoms with Gasteiger partial charge in [-0.3, -0.25) is 10.2 Å². The maximum absolute atomic E-state index is 13.0. The summed E-state index contributed by atoms with van der Waals surface area (Å²) in [5, 5.41) is 22.4. The number of ether oxygens (including phenoxy) is 2. The zero-order valence-electron chi connectivity index (χ0n) is 33.1. The molecule has 0 bridgehead atoms. The van der Waals surface area contributed by atoms with Crippen LogP contribution in [0.2, 0.25) is 0 Å². The molecule has 0 atom stereocenters. The first kappa shape index (κ1) is 39.2. The molecule has 0 unspecified atom stereocenters. The van der Waals surface area contributed by atoms with E-state index >= 15 is 0 Å². The monoisotopic (exact) mass is 798 g/mol. The van der Waals surface area contributed by atoms with Crippen molar-refractivity contribution >= 4 is 45.6 Å². The van der Waals surface area contributed by atoms with Crippen molar-refractivity contribution in [3.05, 3.63) is 144 Å². The molecule has 4 aromatic carbocycles. The lowest BCUT2D eigenvalue weighted by Crippen LogP contribution is -2.39. The van der Waals surface area contributed by atoms with Gasteiger partial charge in [-0.1, -0.05) is 72.8 Å². The van der Waals surface area contributed by atoms with E-state index in [4.69, 9.17) is 9.47 Å². The summed E-state index contributed by atoms with van der Waals surface area (Å²) in [4.78, 5) is 37.5. The van der Waals surface area contributed by atoms with Crippen LogP contribution in [0, 0.1) is 0 Å². The molecule has 60 heavy (non-hydrogen) atoms. The molecule has 300 valence electrons. The van der Waals surface area contributed by atoms with Gasteiger partial charge in [0, 0.05) is 42.8 Å². The lowest BCUT2D eigenvalue weighted by atomic mass is 9.99. The summed E-state index contributed by atoms with van der Waals surface area (Å²) in [6.45, 7) is 3.13. The summed E-state index contributed by atoms with van der Waals surface area (Å²) < 4.78 is 10.6. The number of carbonyl (C=O) groups excluding carboxylic acids is 2. The van der Waals surface area contributed by atoms with Gasteiger partial charge >= 0.3 is 6.03 Å². The number of nitrogens with one attached hydrogen (secondary N) is 4. The number of fused-ring (bicyclic) bond motifs is 6. The van der Waals surface area contributed by atoms with Crippen molar-refractivity contribution in [2.45, 2.75) is 25.9 Å². The molecule has 0 spiro atoms. The minimum absolute atomic E-state index is 0.156. The van der Waals surface area contributed by atoms with Crippen LogP contribution in [-0.2, 0) is 30.7 Å². The summed E-state index contributed by atoms with van der Waals surface area (Å²) >= 11 is 0. The molecule has 14 heteroatoms. The van der Waals surface area contributed by atoms with E-state index in [-0.39, 0.29) is 6.03 Å². The lowest BCUT2D eigenvalue weighted by molar-refractivity contribution is 0.206. The predicted octanol–water partition coefficient (Wildman–Crippen LogP) is 8.16. The first-order valence-corrected chi connectivity index (χ1v) is 19.4. The van der Waals surface area contributed by atoms with Crippen LogP contribution in [-0.4, -0.2) is 74.7 Å². The number of hydrogen-bond donors (Lipinski definition) is 4. The number of nitrogens with zero attached hydrogens (tertiary/aromatic N) is 6. The van der Waals surface area contributed by atoms with Crippen LogP contribution < -0.4 is 20.1 Å². The third kappa shape index (κ3) is 8.60. The van der Waals surface area contributed by atoms with Gasteiger partial charge in [0.05, 0.1) is 32.3 Å². The summed E-state index contributed by atoms with van der Waals surface area (Å²) in [7, 11) is 3.15. The normalized spacial score (nSPS) is 12.7. The zero-order valence-corrected chi connectivity index (χ0v) is 33.1. The first-order valence-electron chi connectivity index (χ1n) is 19.4. The number of rotatable bonds is 6. The third-order valence-electron chi connectivity index (χ3n) is 10.5. The van der Waals surface area contributed by atoms with E-state index in [2.05, 4.69) is 46.0 Å². The van der Waals surface area contributed by atoms with Gasteiger partial charge < -0.3 is 25.0 Å². The van der Waals surface area contributed by atoms with Crippen molar-refractivity contribution in [2.75, 3.05) is 32.6 Å². The summed E-state index contributed by atoms with van der Waals surface area (Å²) in [5.41, 5.74) is 11.9. The highest BCUT2D eigenvalue weighted by molar-refractivity contribution is 5.92. The number of carbonyl (C=O) groups is 1. The molecular formula is C46H42N10O4. The minimum Gasteiger partial charge on any atom is -0.495 e. The number of aliphatic imine (C=N–C) groups is 1. The van der Waals surface area contributed by atoms with Gasteiger partial charge in [0.1, 0.15) is 17.2 Å². The second kappa shape index (κ2) is 18.3. The van der Waals surface area contributed by atoms with E-state index in [0.717, 1.165) is 70.4 Å². The van der Waals surface area contributed by atoms with Gasteiger partial charge in [-0.15, -0.1) is 0 Å². The van der Waals surface area contributed by atoms with Crippen molar-refractivity contribution in [1.29, 1.82) is 0 Å². The number of amides is 2. The van der Waals surface area contributed by atoms with Crippen LogP contribution >= 0.6 is 0 Å². The molecule has 14 nitrogen and oxygen atoms in total. The Labute approximate surface area is 345 Å². The second-order valence-corrected chi connectivity index (χ2v) is 14.1. The van der Waals surface area contributed by atoms with E-state index in [9.17, 15) is 9.59 Å². The van der Waals surface area contributed by atoms with E-state index in [0.29, 0.717) is 36.0 Å². The van der Waals surface area contributed by atoms with Gasteiger partial charge in [0.2, 0.25) is 6.08 Å². The van der Waals surface area contributed by atoms with Crippen LogP contribution in [0.5, 0.6) is 11.5 Å². The van der Waals surface area contributed by atoms with E-state index in [1.54, 1.807) is 37.4 Å². The number of aromatic amines is 2. The fraction of sp³-hybridized carbons (Fsp3) is 0.174. The SMILES string of the molecule is COc1ccc(-c2ccccc2)cc1N=C=O.COc1ccc(-c2ccccc2)cc1NC(=O)N1CCc2c(cnc3[nH]ncc23)C1.c1nc2[nH]ncc2c2c1CNCC2. The van der Waals surface area contributed by atoms with E-state index in [1.807, 2.05) is 104 Å². The number of isocyanates is 1. The molecule has 8 aromatic rings. The van der Waals surface area contributed by atoms with E-state index < -0.39 is 0 Å². The molecule has 4 N–H and O–H groups in total. The molecule has 0 saturated heterocycles. The van der Waals surface area contributed by atoms with Crippen molar-refractivity contribution in [1.82, 2.24) is 40.6 Å². The van der Waals surface area contributed by atoms with Crippen LogP contribution in [0.25, 0.3) is 44.3 Å². The Bertz CT molecular complexity index is 2800. The predicted molar refractivity (Wildman–Crippen MR) is 231 cm³/mol. The molecule has 0 aliphatic carbocycles. The average Bonchev–Trinajstić information content (AvgIpc) is 4.01. The van der Waals surface area contributed by atoms with Crippen LogP contribution in [0.3, 0.4) is 0 Å². The lowest BCUT2D eigenvalue weighted by Gasteiger charge is -2.29. The average molecular weight is 799 g/mol. The number of methoxy groups -OCH3 is 2. The standard InChI is InChI=1S/C23H21N5O2.C14H11NO2.C9H10N4/c1-30-21-8-7-16(15-5-3-2-4-6-15)11-20(21)26-23(29)28-10-9-18-17(14-28)12-24-22-19(18)13-25-27-22;1-17-14-8-7-12(9-13(14)15-10-16)11-5-3-2-4-6-11;1-2-10-3-6-4-11-9-8(7(1)6)5-12-13-9/h2-8,11-13H,9-10,14H2,1H3,(H,26,29)(H,24,25,27);2-9H,1H3;4-5,10H,1-3H2,(H,11,12,13). The number of pyridine rings is 2. The topological polar surface area (TPSA) is 175 Å². The molecule has 6 heterocycles. The molecular weight excluding hydrogens is 757 g/mol. The summed E-state index contributed by atoms with van der Waals surface area (Å²) in [6, 6.07) is 31.1. The summed E-state index contributed by atoms with van der Waals surface area (Å²) in [6.07, 6.45) is 10.8. The molecule has 2 amide bonds. The Morgan fingerprint density at radius 3 is 1.95 bits per heavy atom. The number of urea groups is 1. The Morgan fingerprint density at radius 1 is 0.717 bits per heavy atom. The van der Waals surface area contributed by atoms with Gasteiger partial charge in [0.25, 0.3) is 0 Å². The fourth-order valence-corrected chi connectivity index (χ4v) is 7.45. The molecule has 0 radical (unpaired) electrons. The minimum atomic E-state index is -0.156. The number of benzene rings is 4.